The summed E-state index contributed by atoms with van der Waals surface area (Å²) in [5.74, 6) is -1.46. The predicted octanol–water partition coefficient (Wildman–Crippen LogP) is 4.04. The molecule has 1 aromatic carbocycles. The second kappa shape index (κ2) is 8.80. The van der Waals surface area contributed by atoms with Gasteiger partial charge in [-0.25, -0.2) is 0 Å². The minimum Gasteiger partial charge on any atom is -0.465 e. The van der Waals surface area contributed by atoms with Crippen molar-refractivity contribution < 1.29 is 23.9 Å². The lowest BCUT2D eigenvalue weighted by atomic mass is 9.83. The van der Waals surface area contributed by atoms with E-state index in [0.29, 0.717) is 16.7 Å². The fourth-order valence-corrected chi connectivity index (χ4v) is 3.30. The molecule has 0 aliphatic heterocycles. The SMILES string of the molecule is CCOC(=O)C1(C(=O)OCC)CC(C=C(C)C)=C(C(=O)c2ccccc2)C1. The summed E-state index contributed by atoms with van der Waals surface area (Å²) >= 11 is 0. The Morgan fingerprint density at radius 3 is 2.00 bits per heavy atom. The molecule has 0 heterocycles. The van der Waals surface area contributed by atoms with Gasteiger partial charge in [0.2, 0.25) is 0 Å². The maximum absolute atomic E-state index is 13.1. The van der Waals surface area contributed by atoms with E-state index in [1.807, 2.05) is 26.0 Å². The number of carbonyl (C=O) groups excluding carboxylic acids is 3. The predicted molar refractivity (Wildman–Crippen MR) is 102 cm³/mol. The molecule has 144 valence electrons. The molecule has 0 aromatic heterocycles. The summed E-state index contributed by atoms with van der Waals surface area (Å²) in [5, 5.41) is 0. The topological polar surface area (TPSA) is 69.7 Å². The van der Waals surface area contributed by atoms with Crippen molar-refractivity contribution in [3.8, 4) is 0 Å². The summed E-state index contributed by atoms with van der Waals surface area (Å²) in [6.07, 6.45) is 1.94. The Morgan fingerprint density at radius 2 is 1.52 bits per heavy atom. The van der Waals surface area contributed by atoms with Crippen LogP contribution in [0.2, 0.25) is 0 Å². The lowest BCUT2D eigenvalue weighted by molar-refractivity contribution is -0.171. The van der Waals surface area contributed by atoms with E-state index >= 15 is 0 Å². The smallest absolute Gasteiger partial charge is 0.324 e. The molecule has 0 atom stereocenters. The van der Waals surface area contributed by atoms with Gasteiger partial charge in [0.25, 0.3) is 0 Å². The van der Waals surface area contributed by atoms with Crippen LogP contribution in [0.5, 0.6) is 0 Å². The summed E-state index contributed by atoms with van der Waals surface area (Å²) in [5.41, 5.74) is 1.14. The van der Waals surface area contributed by atoms with Crippen LogP contribution in [0.3, 0.4) is 0 Å². The van der Waals surface area contributed by atoms with E-state index in [4.69, 9.17) is 9.47 Å². The lowest BCUT2D eigenvalue weighted by Crippen LogP contribution is -2.40. The van der Waals surface area contributed by atoms with Crippen LogP contribution in [0.4, 0.5) is 0 Å². The molecule has 0 N–H and O–H groups in total. The lowest BCUT2D eigenvalue weighted by Gasteiger charge is -2.24. The van der Waals surface area contributed by atoms with E-state index in [1.165, 1.54) is 0 Å². The highest BCUT2D eigenvalue weighted by atomic mass is 16.6. The van der Waals surface area contributed by atoms with E-state index in [0.717, 1.165) is 5.57 Å². The van der Waals surface area contributed by atoms with Crippen LogP contribution in [-0.4, -0.2) is 30.9 Å². The largest absolute Gasteiger partial charge is 0.465 e. The van der Waals surface area contributed by atoms with Gasteiger partial charge in [0.1, 0.15) is 0 Å². The summed E-state index contributed by atoms with van der Waals surface area (Å²) in [4.78, 5) is 38.6. The molecule has 0 amide bonds. The Labute approximate surface area is 160 Å². The third-order valence-electron chi connectivity index (χ3n) is 4.46. The Balaban J connectivity index is 2.52. The highest BCUT2D eigenvalue weighted by Crippen LogP contribution is 2.46. The monoisotopic (exact) mass is 370 g/mol. The second-order valence-electron chi connectivity index (χ2n) is 6.80. The van der Waals surface area contributed by atoms with Gasteiger partial charge in [0.15, 0.2) is 11.2 Å². The van der Waals surface area contributed by atoms with Gasteiger partial charge in [-0.2, -0.15) is 0 Å². The van der Waals surface area contributed by atoms with Gasteiger partial charge in [-0.15, -0.1) is 0 Å². The third-order valence-corrected chi connectivity index (χ3v) is 4.46. The zero-order chi connectivity index (χ0) is 20.0. The molecule has 0 radical (unpaired) electrons. The van der Waals surface area contributed by atoms with Crippen molar-refractivity contribution in [2.24, 2.45) is 5.41 Å². The van der Waals surface area contributed by atoms with Crippen molar-refractivity contribution in [1.29, 1.82) is 0 Å². The Hall–Kier alpha value is -2.69. The van der Waals surface area contributed by atoms with Crippen molar-refractivity contribution in [2.45, 2.75) is 40.5 Å². The van der Waals surface area contributed by atoms with E-state index in [-0.39, 0.29) is 31.8 Å². The van der Waals surface area contributed by atoms with Gasteiger partial charge in [0, 0.05) is 17.6 Å². The first-order chi connectivity index (χ1) is 12.9. The number of esters is 2. The quantitative estimate of drug-likeness (QED) is 0.412. The van der Waals surface area contributed by atoms with E-state index in [9.17, 15) is 14.4 Å². The summed E-state index contributed by atoms with van der Waals surface area (Å²) in [7, 11) is 0. The maximum Gasteiger partial charge on any atom is 0.324 e. The Bertz CT molecular complexity index is 764. The summed E-state index contributed by atoms with van der Waals surface area (Å²) in [6.45, 7) is 7.50. The number of allylic oxidation sites excluding steroid dienone is 4. The molecule has 1 aliphatic carbocycles. The normalized spacial score (nSPS) is 15.3. The first-order valence-corrected chi connectivity index (χ1v) is 9.16. The number of ketones is 1. The van der Waals surface area contributed by atoms with Crippen molar-refractivity contribution >= 4 is 17.7 Å². The zero-order valence-electron chi connectivity index (χ0n) is 16.3. The molecule has 0 unspecified atom stereocenters. The number of benzene rings is 1. The van der Waals surface area contributed by atoms with Gasteiger partial charge >= 0.3 is 11.9 Å². The molecule has 1 aromatic rings. The van der Waals surface area contributed by atoms with Gasteiger partial charge in [-0.1, -0.05) is 42.0 Å². The molecule has 1 aliphatic rings. The highest BCUT2D eigenvalue weighted by molar-refractivity contribution is 6.13. The molecular weight excluding hydrogens is 344 g/mol. The molecule has 27 heavy (non-hydrogen) atoms. The number of Topliss-reactive ketones (excluding diaryl/α,β-unsaturated/α-hetero) is 1. The van der Waals surface area contributed by atoms with Crippen molar-refractivity contribution in [1.82, 2.24) is 0 Å². The zero-order valence-corrected chi connectivity index (χ0v) is 16.3. The molecule has 5 heteroatoms. The number of rotatable bonds is 7. The van der Waals surface area contributed by atoms with Crippen LogP contribution < -0.4 is 0 Å². The van der Waals surface area contributed by atoms with Crippen molar-refractivity contribution in [3.63, 3.8) is 0 Å². The van der Waals surface area contributed by atoms with Crippen LogP contribution in [0.15, 0.2) is 53.1 Å². The maximum atomic E-state index is 13.1. The fourth-order valence-electron chi connectivity index (χ4n) is 3.30. The standard InChI is InChI=1S/C22H26O5/c1-5-26-20(24)22(21(25)27-6-2)13-17(12-15(3)4)18(14-22)19(23)16-10-8-7-9-11-16/h7-12H,5-6,13-14H2,1-4H3. The van der Waals surface area contributed by atoms with Gasteiger partial charge < -0.3 is 9.47 Å². The minimum absolute atomic E-state index is 0.0164. The third kappa shape index (κ3) is 4.35. The van der Waals surface area contributed by atoms with Crippen LogP contribution >= 0.6 is 0 Å². The van der Waals surface area contributed by atoms with Gasteiger partial charge in [0.05, 0.1) is 13.2 Å². The van der Waals surface area contributed by atoms with E-state index in [2.05, 4.69) is 0 Å². The molecular formula is C22H26O5. The van der Waals surface area contributed by atoms with Gasteiger partial charge in [-0.05, 0) is 39.7 Å². The molecule has 0 saturated heterocycles. The fraction of sp³-hybridized carbons (Fsp3) is 0.409. The molecule has 0 spiro atoms. The Morgan fingerprint density at radius 1 is 0.963 bits per heavy atom. The van der Waals surface area contributed by atoms with Crippen molar-refractivity contribution in [3.05, 3.63) is 58.7 Å². The first-order valence-electron chi connectivity index (χ1n) is 9.16. The molecule has 0 saturated carbocycles. The van der Waals surface area contributed by atoms with Crippen LogP contribution in [0.1, 0.15) is 50.9 Å². The number of hydrogen-bond acceptors (Lipinski definition) is 5. The van der Waals surface area contributed by atoms with E-state index in [1.54, 1.807) is 38.1 Å². The van der Waals surface area contributed by atoms with Crippen molar-refractivity contribution in [2.75, 3.05) is 13.2 Å². The van der Waals surface area contributed by atoms with Gasteiger partial charge in [-0.3, -0.25) is 14.4 Å². The molecule has 5 nitrogen and oxygen atoms in total. The highest BCUT2D eigenvalue weighted by Gasteiger charge is 2.54. The second-order valence-corrected chi connectivity index (χ2v) is 6.80. The number of ether oxygens (including phenoxy) is 2. The van der Waals surface area contributed by atoms with E-state index < -0.39 is 17.4 Å². The summed E-state index contributed by atoms with van der Waals surface area (Å²) in [6, 6.07) is 8.85. The minimum atomic E-state index is -1.51. The molecule has 0 fully saturated rings. The molecule has 2 rings (SSSR count). The molecule has 0 bridgehead atoms. The average Bonchev–Trinajstić information content (AvgIpc) is 3.02. The Kier molecular flexibility index (Phi) is 6.72. The van der Waals surface area contributed by atoms with Crippen LogP contribution in [0.25, 0.3) is 0 Å². The van der Waals surface area contributed by atoms with Crippen LogP contribution in [0, 0.1) is 5.41 Å². The average molecular weight is 370 g/mol. The summed E-state index contributed by atoms with van der Waals surface area (Å²) < 4.78 is 10.4. The van der Waals surface area contributed by atoms with Crippen LogP contribution in [-0.2, 0) is 19.1 Å². The number of hydrogen-bond donors (Lipinski definition) is 0. The number of carbonyl (C=O) groups is 3. The first kappa shape index (κ1) is 20.6.